The van der Waals surface area contributed by atoms with Gasteiger partial charge in [0.05, 0.1) is 11.9 Å². The van der Waals surface area contributed by atoms with Crippen molar-refractivity contribution in [2.75, 3.05) is 7.11 Å². The molecule has 4 nitrogen and oxygen atoms in total. The first-order chi connectivity index (χ1) is 8.24. The maximum Gasteiger partial charge on any atom is 0.240 e. The van der Waals surface area contributed by atoms with E-state index in [-0.39, 0.29) is 4.83 Å². The lowest BCUT2D eigenvalue weighted by atomic mass is 10.2. The molecule has 0 spiro atoms. The highest BCUT2D eigenvalue weighted by atomic mass is 79.9. The van der Waals surface area contributed by atoms with Crippen LogP contribution in [0.25, 0.3) is 11.4 Å². The first-order valence-electron chi connectivity index (χ1n) is 5.36. The van der Waals surface area contributed by atoms with Crippen LogP contribution in [0.15, 0.2) is 28.8 Å². The predicted octanol–water partition coefficient (Wildman–Crippen LogP) is 3.59. The van der Waals surface area contributed by atoms with Crippen molar-refractivity contribution in [3.8, 4) is 17.1 Å². The molecule has 0 saturated carbocycles. The summed E-state index contributed by atoms with van der Waals surface area (Å²) in [5, 5.41) is 3.95. The third kappa shape index (κ3) is 2.66. The molecule has 0 radical (unpaired) electrons. The number of ether oxygens (including phenoxy) is 1. The molecule has 0 fully saturated rings. The van der Waals surface area contributed by atoms with Gasteiger partial charge in [0.1, 0.15) is 5.75 Å². The molecule has 0 N–H and O–H groups in total. The fraction of sp³-hybridized carbons (Fsp3) is 0.333. The van der Waals surface area contributed by atoms with Crippen molar-refractivity contribution in [2.45, 2.75) is 18.2 Å². The van der Waals surface area contributed by atoms with Crippen LogP contribution in [0.5, 0.6) is 5.75 Å². The minimum absolute atomic E-state index is 0.113. The van der Waals surface area contributed by atoms with Crippen LogP contribution < -0.4 is 4.74 Å². The van der Waals surface area contributed by atoms with E-state index in [9.17, 15) is 0 Å². The Morgan fingerprint density at radius 1 is 1.35 bits per heavy atom. The van der Waals surface area contributed by atoms with Gasteiger partial charge in [-0.2, -0.15) is 4.98 Å². The normalized spacial score (nSPS) is 12.4. The minimum Gasteiger partial charge on any atom is -0.497 e. The van der Waals surface area contributed by atoms with Gasteiger partial charge in [0, 0.05) is 5.56 Å². The average molecular weight is 297 g/mol. The Bertz CT molecular complexity index is 482. The molecule has 1 aromatic heterocycles. The Balaban J connectivity index is 2.24. The predicted molar refractivity (Wildman–Crippen MR) is 68.2 cm³/mol. The van der Waals surface area contributed by atoms with Gasteiger partial charge in [-0.1, -0.05) is 28.0 Å². The van der Waals surface area contributed by atoms with Gasteiger partial charge in [0.15, 0.2) is 0 Å². The topological polar surface area (TPSA) is 48.2 Å². The molecule has 2 rings (SSSR count). The molecule has 0 saturated heterocycles. The first-order valence-corrected chi connectivity index (χ1v) is 6.28. The second-order valence-corrected chi connectivity index (χ2v) is 4.67. The highest BCUT2D eigenvalue weighted by molar-refractivity contribution is 9.09. The Kier molecular flexibility index (Phi) is 3.78. The smallest absolute Gasteiger partial charge is 0.240 e. The Morgan fingerprint density at radius 3 is 2.65 bits per heavy atom. The van der Waals surface area contributed by atoms with Gasteiger partial charge in [-0.15, -0.1) is 0 Å². The molecule has 2 aromatic rings. The van der Waals surface area contributed by atoms with E-state index in [1.54, 1.807) is 7.11 Å². The van der Waals surface area contributed by atoms with E-state index < -0.39 is 0 Å². The Hall–Kier alpha value is -1.36. The van der Waals surface area contributed by atoms with Gasteiger partial charge in [-0.05, 0) is 30.7 Å². The molecule has 0 aliphatic carbocycles. The van der Waals surface area contributed by atoms with Crippen molar-refractivity contribution in [3.63, 3.8) is 0 Å². The Labute approximate surface area is 108 Å². The third-order valence-corrected chi connectivity index (χ3v) is 3.46. The molecule has 1 unspecified atom stereocenters. The zero-order chi connectivity index (χ0) is 12.3. The summed E-state index contributed by atoms with van der Waals surface area (Å²) >= 11 is 3.48. The standard InChI is InChI=1S/C12H13BrN2O2/c1-3-10(13)12-14-11(15-17-12)8-4-6-9(16-2)7-5-8/h4-7,10H,3H2,1-2H3. The van der Waals surface area contributed by atoms with Gasteiger partial charge in [-0.3, -0.25) is 0 Å². The number of alkyl halides is 1. The second-order valence-electron chi connectivity index (χ2n) is 3.56. The summed E-state index contributed by atoms with van der Waals surface area (Å²) in [4.78, 5) is 4.45. The number of benzene rings is 1. The van der Waals surface area contributed by atoms with Gasteiger partial charge < -0.3 is 9.26 Å². The quantitative estimate of drug-likeness (QED) is 0.809. The van der Waals surface area contributed by atoms with Crippen LogP contribution in [0.3, 0.4) is 0 Å². The van der Waals surface area contributed by atoms with E-state index in [0.29, 0.717) is 11.7 Å². The van der Waals surface area contributed by atoms with Crippen molar-refractivity contribution in [3.05, 3.63) is 30.2 Å². The van der Waals surface area contributed by atoms with Crippen LogP contribution in [0.4, 0.5) is 0 Å². The lowest BCUT2D eigenvalue weighted by Crippen LogP contribution is -1.88. The molecule has 90 valence electrons. The van der Waals surface area contributed by atoms with Gasteiger partial charge in [0.25, 0.3) is 0 Å². The van der Waals surface area contributed by atoms with Crippen molar-refractivity contribution < 1.29 is 9.26 Å². The monoisotopic (exact) mass is 296 g/mol. The number of hydrogen-bond acceptors (Lipinski definition) is 4. The van der Waals surface area contributed by atoms with Gasteiger partial charge >= 0.3 is 0 Å². The van der Waals surface area contributed by atoms with Crippen LogP contribution in [-0.4, -0.2) is 17.3 Å². The maximum absolute atomic E-state index is 5.19. The number of methoxy groups -OCH3 is 1. The average Bonchev–Trinajstić information content (AvgIpc) is 2.87. The van der Waals surface area contributed by atoms with E-state index in [1.807, 2.05) is 24.3 Å². The van der Waals surface area contributed by atoms with E-state index in [2.05, 4.69) is 33.0 Å². The number of nitrogens with zero attached hydrogens (tertiary/aromatic N) is 2. The molecule has 1 aromatic carbocycles. The SMILES string of the molecule is CCC(Br)c1nc(-c2ccc(OC)cc2)no1. The lowest BCUT2D eigenvalue weighted by molar-refractivity contribution is 0.377. The fourth-order valence-corrected chi connectivity index (χ4v) is 1.58. The first kappa shape index (κ1) is 12.1. The Morgan fingerprint density at radius 2 is 2.06 bits per heavy atom. The number of rotatable bonds is 4. The molecule has 0 bridgehead atoms. The molecule has 0 aliphatic rings. The van der Waals surface area contributed by atoms with E-state index >= 15 is 0 Å². The van der Waals surface area contributed by atoms with Crippen molar-refractivity contribution >= 4 is 15.9 Å². The van der Waals surface area contributed by atoms with Crippen molar-refractivity contribution in [1.82, 2.24) is 10.1 Å². The van der Waals surface area contributed by atoms with Gasteiger partial charge in [0.2, 0.25) is 11.7 Å². The van der Waals surface area contributed by atoms with Crippen LogP contribution in [0, 0.1) is 0 Å². The molecule has 0 amide bonds. The summed E-state index contributed by atoms with van der Waals surface area (Å²) in [6.45, 7) is 2.05. The molecular weight excluding hydrogens is 284 g/mol. The molecule has 0 aliphatic heterocycles. The van der Waals surface area contributed by atoms with E-state index in [0.717, 1.165) is 17.7 Å². The summed E-state index contributed by atoms with van der Waals surface area (Å²) < 4.78 is 10.3. The fourth-order valence-electron chi connectivity index (χ4n) is 1.39. The highest BCUT2D eigenvalue weighted by Crippen LogP contribution is 2.27. The largest absolute Gasteiger partial charge is 0.497 e. The van der Waals surface area contributed by atoms with Crippen LogP contribution in [0.1, 0.15) is 24.1 Å². The molecular formula is C12H13BrN2O2. The van der Waals surface area contributed by atoms with E-state index in [4.69, 9.17) is 9.26 Å². The summed E-state index contributed by atoms with van der Waals surface area (Å²) in [7, 11) is 1.64. The van der Waals surface area contributed by atoms with Crippen LogP contribution in [0.2, 0.25) is 0 Å². The molecule has 1 atom stereocenters. The summed E-state index contributed by atoms with van der Waals surface area (Å²) in [5.41, 5.74) is 0.914. The zero-order valence-electron chi connectivity index (χ0n) is 9.68. The summed E-state index contributed by atoms with van der Waals surface area (Å²) in [5.74, 6) is 2.02. The van der Waals surface area contributed by atoms with E-state index in [1.165, 1.54) is 0 Å². The second kappa shape index (κ2) is 5.31. The number of halogens is 1. The number of hydrogen-bond donors (Lipinski definition) is 0. The highest BCUT2D eigenvalue weighted by Gasteiger charge is 2.14. The molecule has 17 heavy (non-hydrogen) atoms. The maximum atomic E-state index is 5.19. The molecule has 5 heteroatoms. The number of aromatic nitrogens is 2. The van der Waals surface area contributed by atoms with Gasteiger partial charge in [-0.25, -0.2) is 0 Å². The van der Waals surface area contributed by atoms with Crippen molar-refractivity contribution in [1.29, 1.82) is 0 Å². The summed E-state index contributed by atoms with van der Waals surface area (Å²) in [6, 6.07) is 7.55. The summed E-state index contributed by atoms with van der Waals surface area (Å²) in [6.07, 6.45) is 0.907. The minimum atomic E-state index is 0.113. The van der Waals surface area contributed by atoms with Crippen molar-refractivity contribution in [2.24, 2.45) is 0 Å². The lowest BCUT2D eigenvalue weighted by Gasteiger charge is -1.99. The van der Waals surface area contributed by atoms with Crippen LogP contribution >= 0.6 is 15.9 Å². The third-order valence-electron chi connectivity index (χ3n) is 2.42. The molecule has 1 heterocycles. The zero-order valence-corrected chi connectivity index (χ0v) is 11.3. The van der Waals surface area contributed by atoms with Crippen LogP contribution in [-0.2, 0) is 0 Å².